The van der Waals surface area contributed by atoms with Gasteiger partial charge >= 0.3 is 0 Å². The van der Waals surface area contributed by atoms with E-state index in [0.717, 1.165) is 5.69 Å². The van der Waals surface area contributed by atoms with E-state index in [2.05, 4.69) is 60.7 Å². The average molecular weight is 281 g/mol. The fraction of sp³-hybridized carbons (Fsp3) is 0.0952. The molecule has 0 atom stereocenters. The van der Waals surface area contributed by atoms with Gasteiger partial charge in [0.15, 0.2) is 0 Å². The number of fused-ring (bicyclic) bond motifs is 1. The fourth-order valence-corrected chi connectivity index (χ4v) is 3.70. The monoisotopic (exact) mass is 281 g/mol. The van der Waals surface area contributed by atoms with Crippen molar-refractivity contribution in [2.24, 2.45) is 0 Å². The van der Waals surface area contributed by atoms with Gasteiger partial charge in [0.05, 0.1) is 5.69 Å². The molecule has 0 amide bonds. The van der Waals surface area contributed by atoms with Gasteiger partial charge < -0.3 is 0 Å². The number of hydrogen-bond donors (Lipinski definition) is 0. The molecule has 0 radical (unpaired) electrons. The topological polar surface area (TPSA) is 12.9 Å². The highest BCUT2D eigenvalue weighted by atomic mass is 14.7. The Bertz CT molecular complexity index is 1020. The Kier molecular flexibility index (Phi) is 2.39. The molecule has 104 valence electrons. The second-order valence-electron chi connectivity index (χ2n) is 6.03. The lowest BCUT2D eigenvalue weighted by atomic mass is 9.97. The van der Waals surface area contributed by atoms with Crippen molar-refractivity contribution in [2.45, 2.75) is 12.8 Å². The van der Waals surface area contributed by atoms with Gasteiger partial charge in [-0.3, -0.25) is 4.98 Å². The first-order chi connectivity index (χ1) is 10.9. The normalized spacial score (nSPS) is 13.1. The summed E-state index contributed by atoms with van der Waals surface area (Å²) < 4.78 is 0. The quantitative estimate of drug-likeness (QED) is 0.470. The first-order valence-corrected chi connectivity index (χ1v) is 7.79. The van der Waals surface area contributed by atoms with Gasteiger partial charge in [-0.2, -0.15) is 0 Å². The molecule has 0 unspecified atom stereocenters. The molecule has 0 saturated carbocycles. The molecular formula is C21H15N. The number of aromatic nitrogens is 1. The Labute approximate surface area is 129 Å². The van der Waals surface area contributed by atoms with Crippen molar-refractivity contribution in [1.82, 2.24) is 4.98 Å². The average Bonchev–Trinajstić information content (AvgIpc) is 3.00. The molecule has 3 aromatic carbocycles. The molecule has 5 rings (SSSR count). The maximum absolute atomic E-state index is 4.71. The van der Waals surface area contributed by atoms with Crippen molar-refractivity contribution < 1.29 is 0 Å². The van der Waals surface area contributed by atoms with Crippen molar-refractivity contribution in [1.29, 1.82) is 0 Å². The van der Waals surface area contributed by atoms with Crippen molar-refractivity contribution in [2.75, 3.05) is 0 Å². The standard InChI is InChI=1S/C21H15N/c1-2-5-17-13-22-20(12-16(17)4-1)18-11-10-15-9-8-14-6-3-7-19(18)21(14)15/h1-7,10-13H,8-9H2. The summed E-state index contributed by atoms with van der Waals surface area (Å²) in [6, 6.07) is 21.8. The molecule has 0 bridgehead atoms. The lowest BCUT2D eigenvalue weighted by Gasteiger charge is -2.09. The van der Waals surface area contributed by atoms with Crippen molar-refractivity contribution in [3.8, 4) is 11.3 Å². The SMILES string of the molecule is c1ccc2cc(-c3ccc4c5c(cccc35)CC4)ncc2c1. The van der Waals surface area contributed by atoms with Gasteiger partial charge in [0.1, 0.15) is 0 Å². The number of aryl methyl sites for hydroxylation is 2. The van der Waals surface area contributed by atoms with E-state index in [1.165, 1.54) is 51.1 Å². The second kappa shape index (κ2) is 4.41. The first kappa shape index (κ1) is 11.9. The maximum Gasteiger partial charge on any atom is 0.0714 e. The van der Waals surface area contributed by atoms with Gasteiger partial charge in [0, 0.05) is 17.1 Å². The highest BCUT2D eigenvalue weighted by Gasteiger charge is 2.16. The summed E-state index contributed by atoms with van der Waals surface area (Å²) in [6.45, 7) is 0. The highest BCUT2D eigenvalue weighted by Crippen LogP contribution is 2.36. The van der Waals surface area contributed by atoms with Gasteiger partial charge in [-0.15, -0.1) is 0 Å². The summed E-state index contributed by atoms with van der Waals surface area (Å²) >= 11 is 0. The first-order valence-electron chi connectivity index (χ1n) is 7.79. The number of nitrogens with zero attached hydrogens (tertiary/aromatic N) is 1. The third kappa shape index (κ3) is 1.62. The zero-order valence-electron chi connectivity index (χ0n) is 12.2. The molecule has 0 spiro atoms. The molecule has 1 aromatic heterocycles. The summed E-state index contributed by atoms with van der Waals surface area (Å²) in [5, 5.41) is 5.23. The lowest BCUT2D eigenvalue weighted by Crippen LogP contribution is -1.88. The van der Waals surface area contributed by atoms with Crippen molar-refractivity contribution in [3.05, 3.63) is 78.0 Å². The van der Waals surface area contributed by atoms with E-state index in [4.69, 9.17) is 4.98 Å². The molecule has 1 aliphatic carbocycles. The van der Waals surface area contributed by atoms with Crippen LogP contribution in [-0.4, -0.2) is 4.98 Å². The van der Waals surface area contributed by atoms with Crippen LogP contribution in [0.3, 0.4) is 0 Å². The van der Waals surface area contributed by atoms with Gasteiger partial charge in [-0.05, 0) is 46.2 Å². The Morgan fingerprint density at radius 2 is 1.55 bits per heavy atom. The van der Waals surface area contributed by atoms with E-state index in [0.29, 0.717) is 0 Å². The Morgan fingerprint density at radius 3 is 2.45 bits per heavy atom. The molecule has 1 aliphatic rings. The van der Waals surface area contributed by atoms with Gasteiger partial charge in [0.2, 0.25) is 0 Å². The fourth-order valence-electron chi connectivity index (χ4n) is 3.70. The minimum absolute atomic E-state index is 1.06. The molecule has 1 heterocycles. The third-order valence-corrected chi connectivity index (χ3v) is 4.78. The summed E-state index contributed by atoms with van der Waals surface area (Å²) in [5.41, 5.74) is 5.27. The Hall–Kier alpha value is -2.67. The highest BCUT2D eigenvalue weighted by molar-refractivity contribution is 6.01. The van der Waals surface area contributed by atoms with Crippen LogP contribution in [0.15, 0.2) is 66.9 Å². The molecule has 0 saturated heterocycles. The summed E-state index contributed by atoms with van der Waals surface area (Å²) in [4.78, 5) is 4.71. The number of hydrogen-bond acceptors (Lipinski definition) is 1. The Morgan fingerprint density at radius 1 is 0.727 bits per heavy atom. The minimum atomic E-state index is 1.06. The smallest absolute Gasteiger partial charge is 0.0714 e. The molecule has 1 nitrogen and oxygen atoms in total. The number of rotatable bonds is 1. The van der Waals surface area contributed by atoms with Crippen LogP contribution in [0.25, 0.3) is 32.8 Å². The maximum atomic E-state index is 4.71. The van der Waals surface area contributed by atoms with E-state index < -0.39 is 0 Å². The molecular weight excluding hydrogens is 266 g/mol. The van der Waals surface area contributed by atoms with E-state index in [9.17, 15) is 0 Å². The Balaban J connectivity index is 1.83. The van der Waals surface area contributed by atoms with E-state index in [-0.39, 0.29) is 0 Å². The summed E-state index contributed by atoms with van der Waals surface area (Å²) in [6.07, 6.45) is 4.32. The molecule has 0 aliphatic heterocycles. The second-order valence-corrected chi connectivity index (χ2v) is 6.03. The summed E-state index contributed by atoms with van der Waals surface area (Å²) in [7, 11) is 0. The van der Waals surface area contributed by atoms with Gasteiger partial charge in [0.25, 0.3) is 0 Å². The van der Waals surface area contributed by atoms with E-state index in [1.54, 1.807) is 0 Å². The molecule has 4 aromatic rings. The predicted octanol–water partition coefficient (Wildman–Crippen LogP) is 5.15. The van der Waals surface area contributed by atoms with Crippen LogP contribution < -0.4 is 0 Å². The lowest BCUT2D eigenvalue weighted by molar-refractivity contribution is 1.02. The van der Waals surface area contributed by atoms with Crippen molar-refractivity contribution >= 4 is 21.5 Å². The zero-order chi connectivity index (χ0) is 14.5. The van der Waals surface area contributed by atoms with Crippen LogP contribution in [0.1, 0.15) is 11.1 Å². The predicted molar refractivity (Wildman–Crippen MR) is 92.1 cm³/mol. The molecule has 0 N–H and O–H groups in total. The minimum Gasteiger partial charge on any atom is -0.256 e. The van der Waals surface area contributed by atoms with Crippen LogP contribution in [-0.2, 0) is 12.8 Å². The van der Waals surface area contributed by atoms with Gasteiger partial charge in [-0.1, -0.05) is 54.6 Å². The number of pyridine rings is 1. The summed E-state index contributed by atoms with van der Waals surface area (Å²) in [5.74, 6) is 0. The molecule has 1 heteroatoms. The van der Waals surface area contributed by atoms with Crippen molar-refractivity contribution in [3.63, 3.8) is 0 Å². The van der Waals surface area contributed by atoms with Gasteiger partial charge in [-0.25, -0.2) is 0 Å². The van der Waals surface area contributed by atoms with Crippen LogP contribution in [0.2, 0.25) is 0 Å². The van der Waals surface area contributed by atoms with Crippen LogP contribution >= 0.6 is 0 Å². The number of benzene rings is 3. The van der Waals surface area contributed by atoms with E-state index in [1.807, 2.05) is 6.20 Å². The van der Waals surface area contributed by atoms with Crippen LogP contribution in [0, 0.1) is 0 Å². The molecule has 0 fully saturated rings. The molecule has 22 heavy (non-hydrogen) atoms. The van der Waals surface area contributed by atoms with Crippen LogP contribution in [0.4, 0.5) is 0 Å². The zero-order valence-corrected chi connectivity index (χ0v) is 12.2. The van der Waals surface area contributed by atoms with E-state index >= 15 is 0 Å². The largest absolute Gasteiger partial charge is 0.256 e. The third-order valence-electron chi connectivity index (χ3n) is 4.78. The van der Waals surface area contributed by atoms with Crippen LogP contribution in [0.5, 0.6) is 0 Å².